The Labute approximate surface area is 141 Å². The molecule has 136 valence electrons. The normalized spacial score (nSPS) is 20.9. The van der Waals surface area contributed by atoms with E-state index in [1.54, 1.807) is 0 Å². The molecule has 3 nitrogen and oxygen atoms in total. The molecular weight excluding hydrogens is 438 g/mol. The first kappa shape index (κ1) is 22.7. The van der Waals surface area contributed by atoms with Gasteiger partial charge in [0.05, 0.1) is 0 Å². The molecule has 4 atom stereocenters. The molecule has 0 saturated carbocycles. The predicted molar refractivity (Wildman–Crippen MR) is 61.9 cm³/mol. The maximum atomic E-state index is 13.3. The highest BCUT2D eigenvalue weighted by molar-refractivity contribution is 6.37. The van der Waals surface area contributed by atoms with Gasteiger partial charge in [0.25, 0.3) is 0 Å². The van der Waals surface area contributed by atoms with Crippen LogP contribution in [0.15, 0.2) is 0 Å². The highest BCUT2D eigenvalue weighted by Gasteiger charge is 2.69. The third-order valence-electron chi connectivity index (χ3n) is 2.08. The predicted octanol–water partition coefficient (Wildman–Crippen LogP) is 4.20. The zero-order valence-corrected chi connectivity index (χ0v) is 12.9. The number of hydrogen-bond acceptors (Lipinski definition) is 3. The van der Waals surface area contributed by atoms with Crippen LogP contribution in [-0.4, -0.2) is 45.3 Å². The summed E-state index contributed by atoms with van der Waals surface area (Å²) in [7, 11) is 0. The van der Waals surface area contributed by atoms with Crippen LogP contribution < -0.4 is 0 Å². The van der Waals surface area contributed by atoms with Gasteiger partial charge in [0.2, 0.25) is 11.3 Å². The zero-order valence-electron chi connectivity index (χ0n) is 9.92. The SMILES string of the molecule is O=C(OC(=O)C(F)(Cl)C(F)(F)C(F)Cl)C(F)(Cl)C(F)(F)C(F)Cl. The lowest BCUT2D eigenvalue weighted by Crippen LogP contribution is -2.55. The second-order valence-electron chi connectivity index (χ2n) is 3.67. The molecule has 0 saturated heterocycles. The average molecular weight is 440 g/mol. The number of esters is 2. The molecule has 0 bridgehead atoms. The summed E-state index contributed by atoms with van der Waals surface area (Å²) in [4.78, 5) is 21.8. The summed E-state index contributed by atoms with van der Waals surface area (Å²) in [6.45, 7) is 0. The van der Waals surface area contributed by atoms with Crippen molar-refractivity contribution in [3.8, 4) is 0 Å². The molecule has 15 heteroatoms. The zero-order chi connectivity index (χ0) is 19.0. The van der Waals surface area contributed by atoms with Crippen LogP contribution in [-0.2, 0) is 14.3 Å². The molecule has 0 rings (SSSR count). The molecule has 0 spiro atoms. The summed E-state index contributed by atoms with van der Waals surface area (Å²) < 4.78 is 106. The number of ether oxygens (including phenoxy) is 1. The third-order valence-corrected chi connectivity index (χ3v) is 3.44. The van der Waals surface area contributed by atoms with Crippen molar-refractivity contribution in [3.63, 3.8) is 0 Å². The number of carbonyl (C=O) groups is 2. The molecule has 0 aromatic carbocycles. The van der Waals surface area contributed by atoms with Crippen molar-refractivity contribution in [2.75, 3.05) is 0 Å². The number of halogens is 12. The van der Waals surface area contributed by atoms with Crippen molar-refractivity contribution < 1.29 is 49.4 Å². The van der Waals surface area contributed by atoms with E-state index in [1.165, 1.54) is 0 Å². The molecule has 0 radical (unpaired) electrons. The van der Waals surface area contributed by atoms with E-state index in [4.69, 9.17) is 0 Å². The van der Waals surface area contributed by atoms with E-state index in [0.717, 1.165) is 0 Å². The Morgan fingerprint density at radius 2 is 0.957 bits per heavy atom. The molecule has 23 heavy (non-hydrogen) atoms. The van der Waals surface area contributed by atoms with E-state index < -0.39 is 45.3 Å². The highest BCUT2D eigenvalue weighted by atomic mass is 35.5. The van der Waals surface area contributed by atoms with E-state index in [-0.39, 0.29) is 0 Å². The quantitative estimate of drug-likeness (QED) is 0.269. The van der Waals surface area contributed by atoms with Crippen molar-refractivity contribution >= 4 is 58.3 Å². The Morgan fingerprint density at radius 1 is 0.739 bits per heavy atom. The van der Waals surface area contributed by atoms with Gasteiger partial charge in [-0.3, -0.25) is 0 Å². The fourth-order valence-electron chi connectivity index (χ4n) is 0.759. The van der Waals surface area contributed by atoms with Gasteiger partial charge in [0.15, 0.2) is 0 Å². The van der Waals surface area contributed by atoms with Crippen LogP contribution >= 0.6 is 46.4 Å². The highest BCUT2D eigenvalue weighted by Crippen LogP contribution is 2.45. The summed E-state index contributed by atoms with van der Waals surface area (Å²) in [6, 6.07) is 0. The van der Waals surface area contributed by atoms with Gasteiger partial charge in [0.1, 0.15) is 0 Å². The number of carbonyl (C=O) groups excluding carboxylic acids is 2. The van der Waals surface area contributed by atoms with Crippen molar-refractivity contribution in [3.05, 3.63) is 0 Å². The van der Waals surface area contributed by atoms with Gasteiger partial charge in [-0.25, -0.2) is 27.2 Å². The van der Waals surface area contributed by atoms with Crippen LogP contribution in [0.1, 0.15) is 0 Å². The number of hydrogen-bond donors (Lipinski definition) is 0. The van der Waals surface area contributed by atoms with E-state index in [9.17, 15) is 44.7 Å². The molecular formula is C8H2Cl4F8O3. The van der Waals surface area contributed by atoms with Crippen LogP contribution in [0.2, 0.25) is 0 Å². The van der Waals surface area contributed by atoms with Crippen molar-refractivity contribution in [1.29, 1.82) is 0 Å². The fourth-order valence-corrected chi connectivity index (χ4v) is 1.44. The summed E-state index contributed by atoms with van der Waals surface area (Å²) in [6.07, 6.45) is 0. The Kier molecular flexibility index (Phi) is 6.85. The first-order valence-electron chi connectivity index (χ1n) is 4.78. The Morgan fingerprint density at radius 3 is 1.13 bits per heavy atom. The van der Waals surface area contributed by atoms with Gasteiger partial charge in [-0.1, -0.05) is 46.4 Å². The van der Waals surface area contributed by atoms with Crippen LogP contribution in [0.5, 0.6) is 0 Å². The monoisotopic (exact) mass is 438 g/mol. The lowest BCUT2D eigenvalue weighted by molar-refractivity contribution is -0.197. The second-order valence-corrected chi connectivity index (χ2v) is 5.48. The second kappa shape index (κ2) is 6.93. The van der Waals surface area contributed by atoms with Gasteiger partial charge in [-0.15, -0.1) is 0 Å². The molecule has 0 aliphatic rings. The van der Waals surface area contributed by atoms with E-state index >= 15 is 0 Å². The molecule has 0 fully saturated rings. The maximum absolute atomic E-state index is 13.3. The van der Waals surface area contributed by atoms with Crippen molar-refractivity contribution in [2.24, 2.45) is 0 Å². The van der Waals surface area contributed by atoms with Gasteiger partial charge in [0, 0.05) is 0 Å². The Balaban J connectivity index is 5.45. The average Bonchev–Trinajstić information content (AvgIpc) is 2.37. The van der Waals surface area contributed by atoms with Crippen LogP contribution in [0.25, 0.3) is 0 Å². The maximum Gasteiger partial charge on any atom is 0.374 e. The lowest BCUT2D eigenvalue weighted by Gasteiger charge is -2.28. The molecule has 0 heterocycles. The largest absolute Gasteiger partial charge is 0.386 e. The van der Waals surface area contributed by atoms with Crippen LogP contribution in [0.4, 0.5) is 35.1 Å². The van der Waals surface area contributed by atoms with Gasteiger partial charge in [-0.05, 0) is 0 Å². The lowest BCUT2D eigenvalue weighted by atomic mass is 10.2. The van der Waals surface area contributed by atoms with Crippen molar-refractivity contribution in [2.45, 2.75) is 33.4 Å². The standard InChI is InChI=1S/C8H2Cl4F8O3/c9-1(13)7(17,18)5(11,15)3(21)23-4(22)6(12,16)8(19,20)2(10)14/h1-2H. The van der Waals surface area contributed by atoms with Crippen LogP contribution in [0, 0.1) is 0 Å². The third kappa shape index (κ3) is 4.05. The van der Waals surface area contributed by atoms with Gasteiger partial charge < -0.3 is 4.74 Å². The summed E-state index contributed by atoms with van der Waals surface area (Å²) >= 11 is 17.1. The smallest absolute Gasteiger partial charge is 0.374 e. The Bertz CT molecular complexity index is 440. The Hall–Kier alpha value is -0.260. The molecule has 0 N–H and O–H groups in total. The minimum Gasteiger partial charge on any atom is -0.386 e. The number of rotatable bonds is 6. The van der Waals surface area contributed by atoms with Crippen molar-refractivity contribution in [1.82, 2.24) is 0 Å². The first-order valence-corrected chi connectivity index (χ1v) is 6.41. The molecule has 0 aromatic heterocycles. The summed E-state index contributed by atoms with van der Waals surface area (Å²) in [5.41, 5.74) is -7.86. The molecule has 0 amide bonds. The summed E-state index contributed by atoms with van der Waals surface area (Å²) in [5.74, 6) is -17.5. The number of alkyl halides is 12. The fraction of sp³-hybridized carbons (Fsp3) is 0.750. The van der Waals surface area contributed by atoms with E-state index in [0.29, 0.717) is 0 Å². The summed E-state index contributed by atoms with van der Waals surface area (Å²) in [5, 5.41) is -10.4. The first-order chi connectivity index (χ1) is 9.94. The minimum atomic E-state index is -5.53. The molecule has 0 aliphatic heterocycles. The van der Waals surface area contributed by atoms with Gasteiger partial charge in [-0.2, -0.15) is 17.6 Å². The molecule has 0 aromatic rings. The van der Waals surface area contributed by atoms with Gasteiger partial charge >= 0.3 is 34.0 Å². The van der Waals surface area contributed by atoms with E-state index in [1.807, 2.05) is 0 Å². The molecule has 4 unspecified atom stereocenters. The van der Waals surface area contributed by atoms with Crippen LogP contribution in [0.3, 0.4) is 0 Å². The topological polar surface area (TPSA) is 43.4 Å². The molecule has 0 aliphatic carbocycles. The van der Waals surface area contributed by atoms with E-state index in [2.05, 4.69) is 51.1 Å². The minimum absolute atomic E-state index is 2.95.